The predicted molar refractivity (Wildman–Crippen MR) is 82.6 cm³/mol. The lowest BCUT2D eigenvalue weighted by atomic mass is 10.1. The van der Waals surface area contributed by atoms with Gasteiger partial charge in [0.15, 0.2) is 5.15 Å². The number of nitrogens with zero attached hydrogens (tertiary/aromatic N) is 1. The van der Waals surface area contributed by atoms with Crippen molar-refractivity contribution in [3.05, 3.63) is 21.9 Å². The maximum absolute atomic E-state index is 12.5. The highest BCUT2D eigenvalue weighted by Gasteiger charge is 2.42. The Bertz CT molecular complexity index is 653. The topological polar surface area (TPSA) is 85.4 Å². The Labute approximate surface area is 136 Å². The quantitative estimate of drug-likeness (QED) is 0.623. The molecule has 1 saturated carbocycles. The van der Waals surface area contributed by atoms with E-state index in [1.807, 2.05) is 0 Å². The predicted octanol–water partition coefficient (Wildman–Crippen LogP) is 2.58. The smallest absolute Gasteiger partial charge is 0.310 e. The van der Waals surface area contributed by atoms with Gasteiger partial charge in [-0.05, 0) is 34.8 Å². The molecule has 1 aromatic heterocycles. The molecule has 0 amide bonds. The zero-order valence-electron chi connectivity index (χ0n) is 11.2. The first-order chi connectivity index (χ1) is 9.85. The van der Waals surface area contributed by atoms with Crippen molar-refractivity contribution in [2.24, 2.45) is 5.92 Å². The van der Waals surface area contributed by atoms with Gasteiger partial charge in [-0.3, -0.25) is 9.52 Å². The second-order valence-corrected chi connectivity index (χ2v) is 7.91. The average Bonchev–Trinajstić information content (AvgIpc) is 2.92. The Hall–Kier alpha value is -0.860. The van der Waals surface area contributed by atoms with E-state index in [-0.39, 0.29) is 10.8 Å². The normalized spacial score (nSPS) is 22.0. The minimum absolute atomic E-state index is 0.0504. The molecule has 1 aromatic rings. The van der Waals surface area contributed by atoms with Crippen molar-refractivity contribution >= 4 is 49.2 Å². The maximum Gasteiger partial charge on any atom is 0.310 e. The van der Waals surface area contributed by atoms with Crippen LogP contribution >= 0.6 is 27.5 Å². The van der Waals surface area contributed by atoms with Gasteiger partial charge in [-0.2, -0.15) is 0 Å². The monoisotopic (exact) mass is 396 g/mol. The summed E-state index contributed by atoms with van der Waals surface area (Å²) in [5.41, 5.74) is 0.182. The van der Waals surface area contributed by atoms with Crippen LogP contribution in [-0.4, -0.2) is 31.7 Å². The van der Waals surface area contributed by atoms with Gasteiger partial charge in [0.25, 0.3) is 0 Å². The Kier molecular flexibility index (Phi) is 5.11. The number of ether oxygens (including phenoxy) is 1. The molecule has 2 atom stereocenters. The van der Waals surface area contributed by atoms with E-state index in [4.69, 9.17) is 11.6 Å². The van der Waals surface area contributed by atoms with Crippen molar-refractivity contribution < 1.29 is 17.9 Å². The molecule has 0 spiro atoms. The minimum atomic E-state index is -3.75. The number of pyridine rings is 1. The summed E-state index contributed by atoms with van der Waals surface area (Å²) in [7, 11) is -2.50. The summed E-state index contributed by atoms with van der Waals surface area (Å²) in [6.07, 6.45) is 3.04. The molecule has 9 heteroatoms. The van der Waals surface area contributed by atoms with Crippen LogP contribution in [0.1, 0.15) is 19.3 Å². The van der Waals surface area contributed by atoms with Crippen LogP contribution < -0.4 is 4.72 Å². The van der Waals surface area contributed by atoms with E-state index in [9.17, 15) is 13.2 Å². The van der Waals surface area contributed by atoms with Crippen molar-refractivity contribution in [2.75, 3.05) is 11.8 Å². The van der Waals surface area contributed by atoms with Crippen LogP contribution in [0, 0.1) is 5.92 Å². The fraction of sp³-hybridized carbons (Fsp3) is 0.500. The zero-order valence-corrected chi connectivity index (χ0v) is 14.3. The Balaban J connectivity index is 2.25. The van der Waals surface area contributed by atoms with Crippen LogP contribution in [0.4, 0.5) is 5.69 Å². The Morgan fingerprint density at radius 2 is 2.24 bits per heavy atom. The highest BCUT2D eigenvalue weighted by atomic mass is 79.9. The lowest BCUT2D eigenvalue weighted by molar-refractivity contribution is -0.145. The number of carbonyl (C=O) groups excluding carboxylic acids is 1. The van der Waals surface area contributed by atoms with Crippen LogP contribution in [0.25, 0.3) is 0 Å². The standard InChI is InChI=1S/C12H14BrClN2O4S/c1-20-12(17)8-3-2-4-10(8)21(18,19)16-9-5-7(13)6-15-11(9)14/h5-6,8,10,16H,2-4H2,1H3. The molecule has 6 nitrogen and oxygen atoms in total. The molecule has 1 N–H and O–H groups in total. The molecule has 0 bridgehead atoms. The number of methoxy groups -OCH3 is 1. The fourth-order valence-electron chi connectivity index (χ4n) is 2.44. The number of carbonyl (C=O) groups is 1. The summed E-state index contributed by atoms with van der Waals surface area (Å²) in [6.45, 7) is 0. The molecule has 0 saturated heterocycles. The molecule has 2 rings (SSSR count). The van der Waals surface area contributed by atoms with E-state index in [1.54, 1.807) is 0 Å². The third kappa shape index (κ3) is 3.67. The van der Waals surface area contributed by atoms with Gasteiger partial charge >= 0.3 is 5.97 Å². The molecule has 0 aliphatic heterocycles. The van der Waals surface area contributed by atoms with E-state index >= 15 is 0 Å². The van der Waals surface area contributed by atoms with E-state index < -0.39 is 27.2 Å². The SMILES string of the molecule is COC(=O)C1CCCC1S(=O)(=O)Nc1cc(Br)cnc1Cl. The summed E-state index contributed by atoms with van der Waals surface area (Å²) in [6, 6.07) is 1.52. The largest absolute Gasteiger partial charge is 0.469 e. The molecular formula is C12H14BrClN2O4S. The molecule has 21 heavy (non-hydrogen) atoms. The molecule has 2 unspecified atom stereocenters. The fourth-order valence-corrected chi connectivity index (χ4v) is 4.75. The van der Waals surface area contributed by atoms with Crippen LogP contribution in [0.5, 0.6) is 0 Å². The second kappa shape index (κ2) is 6.50. The molecule has 1 aliphatic rings. The lowest BCUT2D eigenvalue weighted by Crippen LogP contribution is -2.35. The summed E-state index contributed by atoms with van der Waals surface area (Å²) in [4.78, 5) is 15.5. The summed E-state index contributed by atoms with van der Waals surface area (Å²) < 4.78 is 32.6. The third-order valence-electron chi connectivity index (χ3n) is 3.41. The summed E-state index contributed by atoms with van der Waals surface area (Å²) in [5, 5.41) is -0.769. The Morgan fingerprint density at radius 3 is 2.90 bits per heavy atom. The molecule has 1 heterocycles. The maximum atomic E-state index is 12.5. The van der Waals surface area contributed by atoms with Gasteiger partial charge in [0.05, 0.1) is 24.0 Å². The van der Waals surface area contributed by atoms with Crippen molar-refractivity contribution in [1.29, 1.82) is 0 Å². The van der Waals surface area contributed by atoms with Gasteiger partial charge in [0.2, 0.25) is 10.0 Å². The van der Waals surface area contributed by atoms with Gasteiger partial charge in [-0.1, -0.05) is 18.0 Å². The molecule has 0 aromatic carbocycles. The molecule has 116 valence electrons. The van der Waals surface area contributed by atoms with Crippen molar-refractivity contribution in [3.63, 3.8) is 0 Å². The number of anilines is 1. The Morgan fingerprint density at radius 1 is 1.52 bits per heavy atom. The number of rotatable bonds is 4. The first kappa shape index (κ1) is 16.5. The summed E-state index contributed by atoms with van der Waals surface area (Å²) in [5.74, 6) is -1.15. The number of halogens is 2. The van der Waals surface area contributed by atoms with Crippen LogP contribution in [0.3, 0.4) is 0 Å². The van der Waals surface area contributed by atoms with Gasteiger partial charge in [0, 0.05) is 10.7 Å². The number of nitrogens with one attached hydrogen (secondary N) is 1. The third-order valence-corrected chi connectivity index (χ3v) is 6.01. The summed E-state index contributed by atoms with van der Waals surface area (Å²) >= 11 is 9.09. The van der Waals surface area contributed by atoms with E-state index in [0.29, 0.717) is 23.7 Å². The number of hydrogen-bond acceptors (Lipinski definition) is 5. The second-order valence-electron chi connectivity index (χ2n) is 4.74. The van der Waals surface area contributed by atoms with Crippen LogP contribution in [0.2, 0.25) is 5.15 Å². The highest BCUT2D eigenvalue weighted by molar-refractivity contribution is 9.10. The van der Waals surface area contributed by atoms with Gasteiger partial charge in [-0.25, -0.2) is 13.4 Å². The molecule has 1 aliphatic carbocycles. The van der Waals surface area contributed by atoms with Gasteiger partial charge in [0.1, 0.15) is 0 Å². The van der Waals surface area contributed by atoms with Gasteiger partial charge < -0.3 is 4.74 Å². The molecule has 0 radical (unpaired) electrons. The number of aromatic nitrogens is 1. The van der Waals surface area contributed by atoms with Crippen molar-refractivity contribution in [2.45, 2.75) is 24.5 Å². The lowest BCUT2D eigenvalue weighted by Gasteiger charge is -2.19. The first-order valence-corrected chi connectivity index (χ1v) is 8.97. The molecule has 1 fully saturated rings. The number of esters is 1. The molecular weight excluding hydrogens is 384 g/mol. The first-order valence-electron chi connectivity index (χ1n) is 6.25. The number of hydrogen-bond donors (Lipinski definition) is 1. The van der Waals surface area contributed by atoms with Crippen LogP contribution in [-0.2, 0) is 19.6 Å². The number of sulfonamides is 1. The highest BCUT2D eigenvalue weighted by Crippen LogP contribution is 2.34. The average molecular weight is 398 g/mol. The van der Waals surface area contributed by atoms with Gasteiger partial charge in [-0.15, -0.1) is 0 Å². The zero-order chi connectivity index (χ0) is 15.6. The van der Waals surface area contributed by atoms with Crippen molar-refractivity contribution in [3.8, 4) is 0 Å². The van der Waals surface area contributed by atoms with E-state index in [2.05, 4.69) is 30.4 Å². The minimum Gasteiger partial charge on any atom is -0.469 e. The van der Waals surface area contributed by atoms with Crippen LogP contribution in [0.15, 0.2) is 16.7 Å². The van der Waals surface area contributed by atoms with E-state index in [0.717, 1.165) is 0 Å². The van der Waals surface area contributed by atoms with E-state index in [1.165, 1.54) is 19.4 Å². The van der Waals surface area contributed by atoms with Crippen molar-refractivity contribution in [1.82, 2.24) is 4.98 Å².